The van der Waals surface area contributed by atoms with Crippen molar-refractivity contribution in [1.82, 2.24) is 4.90 Å². The van der Waals surface area contributed by atoms with Crippen molar-refractivity contribution in [2.45, 2.75) is 12.8 Å². The van der Waals surface area contributed by atoms with Crippen LogP contribution < -0.4 is 0 Å². The van der Waals surface area contributed by atoms with Crippen molar-refractivity contribution in [2.24, 2.45) is 5.92 Å². The summed E-state index contributed by atoms with van der Waals surface area (Å²) < 4.78 is 0. The fourth-order valence-corrected chi connectivity index (χ4v) is 1.96. The van der Waals surface area contributed by atoms with E-state index in [1.807, 2.05) is 18.2 Å². The predicted octanol–water partition coefficient (Wildman–Crippen LogP) is 2.57. The van der Waals surface area contributed by atoms with E-state index >= 15 is 0 Å². The molecule has 1 aromatic rings. The number of benzene rings is 1. The van der Waals surface area contributed by atoms with E-state index in [-0.39, 0.29) is 5.92 Å². The van der Waals surface area contributed by atoms with E-state index in [1.54, 1.807) is 0 Å². The van der Waals surface area contributed by atoms with Gasteiger partial charge in [-0.1, -0.05) is 30.3 Å². The highest BCUT2D eigenvalue weighted by Crippen LogP contribution is 2.15. The zero-order valence-electron chi connectivity index (χ0n) is 9.38. The smallest absolute Gasteiger partial charge is 0.123 e. The van der Waals surface area contributed by atoms with Gasteiger partial charge in [0.2, 0.25) is 0 Å². The maximum Gasteiger partial charge on any atom is 0.123 e. The second kappa shape index (κ2) is 5.50. The van der Waals surface area contributed by atoms with Crippen LogP contribution in [0.5, 0.6) is 0 Å². The Hall–Kier alpha value is -1.57. The van der Waals surface area contributed by atoms with Gasteiger partial charge < -0.3 is 9.69 Å². The van der Waals surface area contributed by atoms with E-state index in [9.17, 15) is 4.79 Å². The van der Waals surface area contributed by atoms with Crippen LogP contribution in [0.4, 0.5) is 0 Å². The molecule has 1 aliphatic rings. The number of carbonyl (C=O) groups is 1. The van der Waals surface area contributed by atoms with Gasteiger partial charge in [-0.2, -0.15) is 0 Å². The Bertz CT molecular complexity index is 350. The van der Waals surface area contributed by atoms with Crippen LogP contribution in [0, 0.1) is 5.92 Å². The summed E-state index contributed by atoms with van der Waals surface area (Å²) in [6, 6.07) is 10.3. The van der Waals surface area contributed by atoms with Crippen molar-refractivity contribution < 1.29 is 4.79 Å². The van der Waals surface area contributed by atoms with Crippen molar-refractivity contribution in [2.75, 3.05) is 13.1 Å². The van der Waals surface area contributed by atoms with Crippen LogP contribution in [0.15, 0.2) is 36.5 Å². The Balaban J connectivity index is 1.87. The molecular formula is C14H17NO. The molecular weight excluding hydrogens is 198 g/mol. The van der Waals surface area contributed by atoms with Crippen LogP contribution >= 0.6 is 0 Å². The maximum atomic E-state index is 10.6. The van der Waals surface area contributed by atoms with Crippen molar-refractivity contribution in [3.8, 4) is 0 Å². The second-order valence-corrected chi connectivity index (χ2v) is 4.24. The second-order valence-electron chi connectivity index (χ2n) is 4.24. The van der Waals surface area contributed by atoms with Crippen LogP contribution in [0.1, 0.15) is 18.4 Å². The third kappa shape index (κ3) is 2.96. The molecule has 0 bridgehead atoms. The quantitative estimate of drug-likeness (QED) is 0.722. The molecule has 0 aliphatic carbocycles. The molecule has 0 N–H and O–H groups in total. The van der Waals surface area contributed by atoms with E-state index in [4.69, 9.17) is 0 Å². The fraction of sp³-hybridized carbons (Fsp3) is 0.357. The number of aldehydes is 1. The number of rotatable bonds is 3. The normalized spacial score (nSPS) is 17.9. The topological polar surface area (TPSA) is 20.3 Å². The standard InChI is InChI=1S/C14H17NO/c16-12-14-7-10-15(11-8-14)9-6-13-4-2-1-3-5-13/h1-6,9,12,14H,7-8,10-11H2. The molecule has 0 amide bonds. The Kier molecular flexibility index (Phi) is 3.76. The first-order valence-electron chi connectivity index (χ1n) is 5.81. The molecule has 0 spiro atoms. The molecule has 1 aromatic carbocycles. The largest absolute Gasteiger partial charge is 0.377 e. The summed E-state index contributed by atoms with van der Waals surface area (Å²) in [4.78, 5) is 12.9. The summed E-state index contributed by atoms with van der Waals surface area (Å²) in [6.07, 6.45) is 7.33. The van der Waals surface area contributed by atoms with Gasteiger partial charge >= 0.3 is 0 Å². The predicted molar refractivity (Wildman–Crippen MR) is 65.8 cm³/mol. The molecule has 0 atom stereocenters. The van der Waals surface area contributed by atoms with E-state index < -0.39 is 0 Å². The minimum Gasteiger partial charge on any atom is -0.377 e. The minimum atomic E-state index is 0.279. The molecule has 0 saturated carbocycles. The molecule has 1 fully saturated rings. The van der Waals surface area contributed by atoms with Crippen molar-refractivity contribution in [3.05, 3.63) is 42.1 Å². The molecule has 2 rings (SSSR count). The van der Waals surface area contributed by atoms with Gasteiger partial charge in [-0.25, -0.2) is 0 Å². The zero-order valence-corrected chi connectivity index (χ0v) is 9.38. The molecule has 2 nitrogen and oxygen atoms in total. The Morgan fingerprint density at radius 2 is 1.81 bits per heavy atom. The Morgan fingerprint density at radius 1 is 1.12 bits per heavy atom. The Morgan fingerprint density at radius 3 is 2.44 bits per heavy atom. The number of piperidine rings is 1. The van der Waals surface area contributed by atoms with E-state index in [1.165, 1.54) is 5.56 Å². The molecule has 0 aromatic heterocycles. The highest BCUT2D eigenvalue weighted by Gasteiger charge is 2.15. The van der Waals surface area contributed by atoms with E-state index in [0.29, 0.717) is 0 Å². The monoisotopic (exact) mass is 215 g/mol. The van der Waals surface area contributed by atoms with Gasteiger partial charge in [0.05, 0.1) is 0 Å². The summed E-state index contributed by atoms with van der Waals surface area (Å²) in [5.74, 6) is 0.279. The summed E-state index contributed by atoms with van der Waals surface area (Å²) in [7, 11) is 0. The summed E-state index contributed by atoms with van der Waals surface area (Å²) in [5.41, 5.74) is 1.22. The summed E-state index contributed by atoms with van der Waals surface area (Å²) >= 11 is 0. The van der Waals surface area contributed by atoms with E-state index in [2.05, 4.69) is 29.3 Å². The minimum absolute atomic E-state index is 0.279. The number of carbonyl (C=O) groups excluding carboxylic acids is 1. The van der Waals surface area contributed by atoms with Crippen LogP contribution in [-0.4, -0.2) is 24.3 Å². The lowest BCUT2D eigenvalue weighted by atomic mass is 9.99. The first-order chi connectivity index (χ1) is 7.88. The highest BCUT2D eigenvalue weighted by atomic mass is 16.1. The van der Waals surface area contributed by atoms with Crippen molar-refractivity contribution in [1.29, 1.82) is 0 Å². The van der Waals surface area contributed by atoms with Crippen LogP contribution in [0.25, 0.3) is 6.08 Å². The first-order valence-corrected chi connectivity index (χ1v) is 5.81. The van der Waals surface area contributed by atoms with Crippen LogP contribution in [-0.2, 0) is 4.79 Å². The lowest BCUT2D eigenvalue weighted by molar-refractivity contribution is -0.112. The lowest BCUT2D eigenvalue weighted by Crippen LogP contribution is -2.29. The Labute approximate surface area is 96.6 Å². The molecule has 84 valence electrons. The van der Waals surface area contributed by atoms with Gasteiger partial charge in [0, 0.05) is 19.0 Å². The molecule has 1 aliphatic heterocycles. The third-order valence-electron chi connectivity index (χ3n) is 3.04. The van der Waals surface area contributed by atoms with Gasteiger partial charge in [0.1, 0.15) is 6.29 Å². The van der Waals surface area contributed by atoms with Gasteiger partial charge in [-0.15, -0.1) is 0 Å². The fourth-order valence-electron chi connectivity index (χ4n) is 1.96. The summed E-state index contributed by atoms with van der Waals surface area (Å²) in [5, 5.41) is 0. The molecule has 0 unspecified atom stereocenters. The molecule has 16 heavy (non-hydrogen) atoms. The summed E-state index contributed by atoms with van der Waals surface area (Å²) in [6.45, 7) is 1.99. The molecule has 2 heteroatoms. The average Bonchev–Trinajstić information content (AvgIpc) is 2.38. The third-order valence-corrected chi connectivity index (χ3v) is 3.04. The SMILES string of the molecule is O=CC1CCN(C=Cc2ccccc2)CC1. The molecule has 0 radical (unpaired) electrons. The van der Waals surface area contributed by atoms with Crippen molar-refractivity contribution >= 4 is 12.4 Å². The first kappa shape index (κ1) is 10.9. The number of hydrogen-bond donors (Lipinski definition) is 0. The molecule has 1 heterocycles. The number of nitrogens with zero attached hydrogens (tertiary/aromatic N) is 1. The van der Waals surface area contributed by atoms with Crippen LogP contribution in [0.3, 0.4) is 0 Å². The van der Waals surface area contributed by atoms with Crippen molar-refractivity contribution in [3.63, 3.8) is 0 Å². The number of hydrogen-bond acceptors (Lipinski definition) is 2. The van der Waals surface area contributed by atoms with E-state index in [0.717, 1.165) is 32.2 Å². The lowest BCUT2D eigenvalue weighted by Gasteiger charge is -2.28. The van der Waals surface area contributed by atoms with Gasteiger partial charge in [0.25, 0.3) is 0 Å². The highest BCUT2D eigenvalue weighted by molar-refractivity contribution is 5.53. The number of likely N-dealkylation sites (tertiary alicyclic amines) is 1. The maximum absolute atomic E-state index is 10.6. The zero-order chi connectivity index (χ0) is 11.2. The van der Waals surface area contributed by atoms with Gasteiger partial charge in [-0.3, -0.25) is 0 Å². The molecule has 1 saturated heterocycles. The van der Waals surface area contributed by atoms with Crippen LogP contribution in [0.2, 0.25) is 0 Å². The average molecular weight is 215 g/mol. The van der Waals surface area contributed by atoms with Gasteiger partial charge in [0.15, 0.2) is 0 Å². The van der Waals surface area contributed by atoms with Gasteiger partial charge in [-0.05, 0) is 30.7 Å².